The molecule has 0 unspecified atom stereocenters. The zero-order chi connectivity index (χ0) is 19.7. The third kappa shape index (κ3) is 3.08. The smallest absolute Gasteiger partial charge is 0.193 e. The van der Waals surface area contributed by atoms with Crippen LogP contribution < -0.4 is 0 Å². The second-order valence-corrected chi connectivity index (χ2v) is 5.71. The van der Waals surface area contributed by atoms with Crippen LogP contribution in [0.25, 0.3) is 0 Å². The van der Waals surface area contributed by atoms with Crippen LogP contribution in [0.3, 0.4) is 0 Å². The van der Waals surface area contributed by atoms with E-state index < -0.39 is 28.9 Å². The van der Waals surface area contributed by atoms with Crippen LogP contribution in [0.4, 0.5) is 26.3 Å². The molecule has 27 heavy (non-hydrogen) atoms. The Morgan fingerprint density at radius 3 is 1.15 bits per heavy atom. The molecule has 0 aromatic heterocycles. The minimum atomic E-state index is -5.62. The Morgan fingerprint density at radius 1 is 0.481 bits per heavy atom. The highest BCUT2D eigenvalue weighted by Gasteiger charge is 2.80. The van der Waals surface area contributed by atoms with Crippen molar-refractivity contribution in [2.45, 2.75) is 17.8 Å². The molecule has 0 nitrogen and oxygen atoms in total. The lowest BCUT2D eigenvalue weighted by Gasteiger charge is -2.24. The summed E-state index contributed by atoms with van der Waals surface area (Å²) in [5, 5.41) is 0. The van der Waals surface area contributed by atoms with Crippen molar-refractivity contribution in [2.75, 3.05) is 0 Å². The van der Waals surface area contributed by atoms with E-state index in [2.05, 4.69) is 11.8 Å². The van der Waals surface area contributed by atoms with Crippen LogP contribution in [-0.4, -0.2) is 17.8 Å². The average Bonchev–Trinajstić information content (AvgIpc) is 2.74. The molecule has 0 aliphatic heterocycles. The highest BCUT2D eigenvalue weighted by atomic mass is 19.3. The molecule has 0 heterocycles. The van der Waals surface area contributed by atoms with Crippen LogP contribution in [0.5, 0.6) is 0 Å². The summed E-state index contributed by atoms with van der Waals surface area (Å²) in [5.41, 5.74) is -2.89. The number of halogens is 6. The molecule has 136 valence electrons. The van der Waals surface area contributed by atoms with Gasteiger partial charge in [0.15, 0.2) is 0 Å². The Labute approximate surface area is 151 Å². The number of benzene rings is 2. The van der Waals surface area contributed by atoms with E-state index in [1.54, 1.807) is 48.2 Å². The molecule has 0 N–H and O–H groups in total. The Kier molecular flexibility index (Phi) is 4.53. The molecule has 2 aromatic carbocycles. The molecule has 6 heteroatoms. The lowest BCUT2D eigenvalue weighted by atomic mass is 10.1. The van der Waals surface area contributed by atoms with Gasteiger partial charge in [0, 0.05) is 11.1 Å². The predicted octanol–water partition coefficient (Wildman–Crippen LogP) is 5.31. The van der Waals surface area contributed by atoms with E-state index in [1.165, 1.54) is 24.3 Å². The van der Waals surface area contributed by atoms with Gasteiger partial charge < -0.3 is 0 Å². The van der Waals surface area contributed by atoms with Gasteiger partial charge in [-0.1, -0.05) is 60.1 Å². The molecule has 1 aliphatic carbocycles. The standard InChI is InChI=1S/C21H10F6/c22-19(23)17(13-11-15-7-3-1-4-8-15)18(20(24,25)21(19,26)27)14-12-16-9-5-2-6-10-16/h1-10H. The van der Waals surface area contributed by atoms with E-state index in [0.29, 0.717) is 0 Å². The van der Waals surface area contributed by atoms with Crippen molar-refractivity contribution in [1.29, 1.82) is 0 Å². The van der Waals surface area contributed by atoms with Crippen LogP contribution in [0, 0.1) is 23.7 Å². The van der Waals surface area contributed by atoms with Crippen LogP contribution in [0.2, 0.25) is 0 Å². The summed E-state index contributed by atoms with van der Waals surface area (Å²) in [6.07, 6.45) is 0. The average molecular weight is 376 g/mol. The summed E-state index contributed by atoms with van der Waals surface area (Å²) in [6.45, 7) is 0. The Bertz CT molecular complexity index is 915. The molecule has 0 bridgehead atoms. The monoisotopic (exact) mass is 376 g/mol. The fraction of sp³-hybridized carbons (Fsp3) is 0.143. The molecule has 1 aliphatic rings. The second kappa shape index (κ2) is 6.55. The third-order valence-corrected chi connectivity index (χ3v) is 3.88. The number of allylic oxidation sites excluding steroid dienone is 2. The summed E-state index contributed by atoms with van der Waals surface area (Å²) >= 11 is 0. The molecule has 0 amide bonds. The first-order chi connectivity index (χ1) is 12.7. The van der Waals surface area contributed by atoms with Gasteiger partial charge in [-0.3, -0.25) is 0 Å². The van der Waals surface area contributed by atoms with Crippen molar-refractivity contribution in [3.63, 3.8) is 0 Å². The van der Waals surface area contributed by atoms with Crippen molar-refractivity contribution in [3.05, 3.63) is 82.9 Å². The van der Waals surface area contributed by atoms with Crippen LogP contribution in [-0.2, 0) is 0 Å². The Hall–Kier alpha value is -3.12. The maximum atomic E-state index is 14.1. The minimum absolute atomic E-state index is 0.217. The molecule has 0 radical (unpaired) electrons. The molecular formula is C21H10F6. The van der Waals surface area contributed by atoms with Gasteiger partial charge in [-0.2, -0.15) is 26.3 Å². The van der Waals surface area contributed by atoms with E-state index in [-0.39, 0.29) is 11.1 Å². The maximum absolute atomic E-state index is 14.1. The van der Waals surface area contributed by atoms with E-state index in [4.69, 9.17) is 0 Å². The van der Waals surface area contributed by atoms with Crippen molar-refractivity contribution in [1.82, 2.24) is 0 Å². The number of hydrogen-bond donors (Lipinski definition) is 0. The summed E-state index contributed by atoms with van der Waals surface area (Å²) in [6, 6.07) is 15.2. The lowest BCUT2D eigenvalue weighted by molar-refractivity contribution is -0.263. The lowest BCUT2D eigenvalue weighted by Crippen LogP contribution is -2.49. The second-order valence-electron chi connectivity index (χ2n) is 5.71. The number of alkyl halides is 6. The minimum Gasteiger partial charge on any atom is -0.193 e. The van der Waals surface area contributed by atoms with Crippen molar-refractivity contribution in [2.24, 2.45) is 0 Å². The van der Waals surface area contributed by atoms with Crippen molar-refractivity contribution >= 4 is 0 Å². The molecule has 0 fully saturated rings. The molecule has 0 atom stereocenters. The number of rotatable bonds is 0. The first-order valence-corrected chi connectivity index (χ1v) is 7.71. The van der Waals surface area contributed by atoms with Gasteiger partial charge in [-0.25, -0.2) is 0 Å². The highest BCUT2D eigenvalue weighted by molar-refractivity contribution is 5.60. The zero-order valence-corrected chi connectivity index (χ0v) is 13.5. The van der Waals surface area contributed by atoms with E-state index in [1.807, 2.05) is 0 Å². The quantitative estimate of drug-likeness (QED) is 0.432. The summed E-state index contributed by atoms with van der Waals surface area (Å²) in [7, 11) is 0. The van der Waals surface area contributed by atoms with Crippen LogP contribution in [0.1, 0.15) is 11.1 Å². The summed E-state index contributed by atoms with van der Waals surface area (Å²) in [5.74, 6) is -7.85. The number of hydrogen-bond acceptors (Lipinski definition) is 0. The summed E-state index contributed by atoms with van der Waals surface area (Å²) < 4.78 is 84.0. The van der Waals surface area contributed by atoms with E-state index in [0.717, 1.165) is 0 Å². The predicted molar refractivity (Wildman–Crippen MR) is 88.5 cm³/mol. The third-order valence-electron chi connectivity index (χ3n) is 3.88. The van der Waals surface area contributed by atoms with Gasteiger partial charge in [0.05, 0.1) is 11.1 Å². The fourth-order valence-electron chi connectivity index (χ4n) is 2.42. The summed E-state index contributed by atoms with van der Waals surface area (Å²) in [4.78, 5) is 0. The first-order valence-electron chi connectivity index (χ1n) is 7.71. The van der Waals surface area contributed by atoms with Gasteiger partial charge in [0.1, 0.15) is 0 Å². The topological polar surface area (TPSA) is 0 Å². The van der Waals surface area contributed by atoms with E-state index >= 15 is 0 Å². The van der Waals surface area contributed by atoms with Gasteiger partial charge in [0.2, 0.25) is 0 Å². The molecule has 0 spiro atoms. The molecular weight excluding hydrogens is 366 g/mol. The first kappa shape index (κ1) is 18.7. The van der Waals surface area contributed by atoms with Gasteiger partial charge >= 0.3 is 17.8 Å². The van der Waals surface area contributed by atoms with Crippen molar-refractivity contribution in [3.8, 4) is 23.7 Å². The molecule has 3 rings (SSSR count). The molecule has 2 aromatic rings. The molecule has 0 saturated heterocycles. The van der Waals surface area contributed by atoms with Crippen LogP contribution >= 0.6 is 0 Å². The normalized spacial score (nSPS) is 18.9. The zero-order valence-electron chi connectivity index (χ0n) is 13.5. The largest absolute Gasteiger partial charge is 0.382 e. The maximum Gasteiger partial charge on any atom is 0.382 e. The van der Waals surface area contributed by atoms with E-state index in [9.17, 15) is 26.3 Å². The Balaban J connectivity index is 2.18. The van der Waals surface area contributed by atoms with Gasteiger partial charge in [-0.05, 0) is 24.3 Å². The highest BCUT2D eigenvalue weighted by Crippen LogP contribution is 2.58. The molecule has 0 saturated carbocycles. The van der Waals surface area contributed by atoms with Gasteiger partial charge in [-0.15, -0.1) is 0 Å². The SMILES string of the molecule is FC1(F)C(C#Cc2ccccc2)=C(C#Cc2ccccc2)C(F)(F)C1(F)F. The van der Waals surface area contributed by atoms with Crippen molar-refractivity contribution < 1.29 is 26.3 Å². The van der Waals surface area contributed by atoms with Gasteiger partial charge in [0.25, 0.3) is 0 Å². The van der Waals surface area contributed by atoms with Crippen LogP contribution in [0.15, 0.2) is 71.8 Å². The Morgan fingerprint density at radius 2 is 0.815 bits per heavy atom. The fourth-order valence-corrected chi connectivity index (χ4v) is 2.42.